The van der Waals surface area contributed by atoms with Gasteiger partial charge >= 0.3 is 11.9 Å². The molecule has 0 N–H and O–H groups in total. The predicted octanol–water partition coefficient (Wildman–Crippen LogP) is 1.77. The third-order valence-corrected chi connectivity index (χ3v) is 6.84. The Kier molecular flexibility index (Phi) is 6.21. The minimum absolute atomic E-state index is 0.156. The second-order valence-electron chi connectivity index (χ2n) is 8.03. The van der Waals surface area contributed by atoms with Crippen LogP contribution in [0.1, 0.15) is 53.4 Å². The molecule has 0 aromatic rings. The molecule has 3 aliphatic rings. The number of esters is 2. The summed E-state index contributed by atoms with van der Waals surface area (Å²) in [5.41, 5.74) is 0. The van der Waals surface area contributed by atoms with Crippen molar-refractivity contribution < 1.29 is 23.9 Å². The number of hydrogen-bond donors (Lipinski definition) is 0. The maximum Gasteiger partial charge on any atom is 0.333 e. The molecule has 3 rings (SSSR count). The SMILES string of the molecule is CC(=O)OC(C)OC(=O)[C@@H]1N2C(=O)[C@@H](N=CN3CCCCCC3)[C@H]2SC1(C)C. The van der Waals surface area contributed by atoms with Gasteiger partial charge in [0.2, 0.25) is 6.29 Å². The van der Waals surface area contributed by atoms with Gasteiger partial charge in [-0.1, -0.05) is 12.8 Å². The van der Waals surface area contributed by atoms with Gasteiger partial charge in [-0.3, -0.25) is 14.6 Å². The normalized spacial score (nSPS) is 30.4. The van der Waals surface area contributed by atoms with Gasteiger partial charge < -0.3 is 19.3 Å². The molecule has 0 aromatic heterocycles. The third-order valence-electron chi connectivity index (χ3n) is 5.28. The van der Waals surface area contributed by atoms with E-state index in [0.29, 0.717) is 0 Å². The first-order chi connectivity index (χ1) is 13.2. The molecule has 3 aliphatic heterocycles. The zero-order valence-corrected chi connectivity index (χ0v) is 17.7. The van der Waals surface area contributed by atoms with Gasteiger partial charge in [0.1, 0.15) is 11.4 Å². The monoisotopic (exact) mass is 411 g/mol. The summed E-state index contributed by atoms with van der Waals surface area (Å²) in [5.74, 6) is -1.24. The fourth-order valence-electron chi connectivity index (χ4n) is 3.97. The van der Waals surface area contributed by atoms with Gasteiger partial charge in [0.25, 0.3) is 5.91 Å². The standard InChI is InChI=1S/C19H29N3O5S/c1-12(23)26-13(2)27-18(25)15-19(3,4)28-17-14(16(24)22(15)17)20-11-21-9-7-5-6-8-10-21/h11,13-15,17H,5-10H2,1-4H3/t13?,14-,15+,17-/m1/s1. The molecule has 0 radical (unpaired) electrons. The molecule has 3 fully saturated rings. The highest BCUT2D eigenvalue weighted by molar-refractivity contribution is 8.01. The molecular formula is C19H29N3O5S. The van der Waals surface area contributed by atoms with Crippen LogP contribution in [-0.4, -0.2) is 75.6 Å². The molecule has 0 aliphatic carbocycles. The zero-order chi connectivity index (χ0) is 20.5. The molecule has 1 unspecified atom stereocenters. The topological polar surface area (TPSA) is 88.5 Å². The molecule has 0 aromatic carbocycles. The number of fused-ring (bicyclic) bond motifs is 1. The molecule has 3 saturated heterocycles. The van der Waals surface area contributed by atoms with E-state index >= 15 is 0 Å². The average molecular weight is 412 g/mol. The van der Waals surface area contributed by atoms with Crippen LogP contribution in [0.3, 0.4) is 0 Å². The van der Waals surface area contributed by atoms with Crippen molar-refractivity contribution in [3.8, 4) is 0 Å². The number of ether oxygens (including phenoxy) is 2. The van der Waals surface area contributed by atoms with Crippen LogP contribution in [0.15, 0.2) is 4.99 Å². The first kappa shape index (κ1) is 21.0. The number of nitrogens with zero attached hydrogens (tertiary/aromatic N) is 3. The van der Waals surface area contributed by atoms with Gasteiger partial charge in [-0.2, -0.15) is 0 Å². The Morgan fingerprint density at radius 3 is 2.46 bits per heavy atom. The van der Waals surface area contributed by atoms with Gasteiger partial charge in [-0.15, -0.1) is 11.8 Å². The number of amides is 1. The highest BCUT2D eigenvalue weighted by Gasteiger charge is 2.64. The van der Waals surface area contributed by atoms with E-state index in [4.69, 9.17) is 9.47 Å². The van der Waals surface area contributed by atoms with Crippen molar-refractivity contribution in [1.29, 1.82) is 0 Å². The number of carbonyl (C=O) groups excluding carboxylic acids is 3. The van der Waals surface area contributed by atoms with Crippen LogP contribution in [0, 0.1) is 0 Å². The predicted molar refractivity (Wildman–Crippen MR) is 106 cm³/mol. The Morgan fingerprint density at radius 1 is 1.21 bits per heavy atom. The molecule has 4 atom stereocenters. The van der Waals surface area contributed by atoms with Crippen molar-refractivity contribution in [2.75, 3.05) is 13.1 Å². The van der Waals surface area contributed by atoms with Crippen LogP contribution < -0.4 is 0 Å². The Labute approximate surface area is 170 Å². The maximum absolute atomic E-state index is 12.7. The van der Waals surface area contributed by atoms with Crippen molar-refractivity contribution in [2.24, 2.45) is 4.99 Å². The number of aliphatic imine (C=N–C) groups is 1. The van der Waals surface area contributed by atoms with E-state index < -0.39 is 35.1 Å². The minimum Gasteiger partial charge on any atom is -0.426 e. The first-order valence-corrected chi connectivity index (χ1v) is 10.7. The van der Waals surface area contributed by atoms with Crippen molar-refractivity contribution in [3.05, 3.63) is 0 Å². The highest BCUT2D eigenvalue weighted by Crippen LogP contribution is 2.52. The van der Waals surface area contributed by atoms with Gasteiger partial charge in [0.05, 0.1) is 6.34 Å². The summed E-state index contributed by atoms with van der Waals surface area (Å²) in [6.45, 7) is 8.52. The van der Waals surface area contributed by atoms with Crippen LogP contribution in [0.4, 0.5) is 0 Å². The summed E-state index contributed by atoms with van der Waals surface area (Å²) in [6.07, 6.45) is 5.60. The Balaban J connectivity index is 1.65. The van der Waals surface area contributed by atoms with Gasteiger partial charge in [-0.05, 0) is 26.7 Å². The van der Waals surface area contributed by atoms with Gasteiger partial charge in [0.15, 0.2) is 6.04 Å². The van der Waals surface area contributed by atoms with E-state index in [1.54, 1.807) is 16.7 Å². The molecule has 9 heteroatoms. The van der Waals surface area contributed by atoms with E-state index in [-0.39, 0.29) is 11.3 Å². The van der Waals surface area contributed by atoms with Gasteiger partial charge in [0, 0.05) is 31.7 Å². The highest BCUT2D eigenvalue weighted by atomic mass is 32.2. The number of rotatable bonds is 5. The lowest BCUT2D eigenvalue weighted by Crippen LogP contribution is -2.65. The van der Waals surface area contributed by atoms with E-state index in [9.17, 15) is 14.4 Å². The molecule has 0 bridgehead atoms. The second-order valence-corrected chi connectivity index (χ2v) is 9.80. The molecule has 8 nitrogen and oxygen atoms in total. The summed E-state index contributed by atoms with van der Waals surface area (Å²) in [6, 6.07) is -1.19. The summed E-state index contributed by atoms with van der Waals surface area (Å²) < 4.78 is 9.61. The van der Waals surface area contributed by atoms with E-state index in [1.807, 2.05) is 20.2 Å². The number of likely N-dealkylation sites (tertiary alicyclic amines) is 1. The fraction of sp³-hybridized carbons (Fsp3) is 0.789. The Morgan fingerprint density at radius 2 is 1.86 bits per heavy atom. The zero-order valence-electron chi connectivity index (χ0n) is 16.9. The molecule has 0 saturated carbocycles. The number of β-lactam (4-membered cyclic amide) rings is 1. The average Bonchev–Trinajstić information content (AvgIpc) is 2.74. The van der Waals surface area contributed by atoms with E-state index in [2.05, 4.69) is 9.89 Å². The minimum atomic E-state index is -0.988. The first-order valence-electron chi connectivity index (χ1n) is 9.86. The lowest BCUT2D eigenvalue weighted by atomic mass is 9.96. The lowest BCUT2D eigenvalue weighted by molar-refractivity contribution is -0.190. The number of hydrogen-bond acceptors (Lipinski definition) is 7. The van der Waals surface area contributed by atoms with Crippen LogP contribution in [0.5, 0.6) is 0 Å². The molecular weight excluding hydrogens is 382 g/mol. The lowest BCUT2D eigenvalue weighted by Gasteiger charge is -2.42. The maximum atomic E-state index is 12.7. The summed E-state index contributed by atoms with van der Waals surface area (Å²) in [5, 5.41) is -0.174. The van der Waals surface area contributed by atoms with Crippen molar-refractivity contribution >= 4 is 35.9 Å². The van der Waals surface area contributed by atoms with Crippen molar-refractivity contribution in [1.82, 2.24) is 9.80 Å². The second kappa shape index (κ2) is 8.31. The summed E-state index contributed by atoms with van der Waals surface area (Å²) in [4.78, 5) is 44.7. The van der Waals surface area contributed by atoms with E-state index in [1.165, 1.54) is 26.7 Å². The number of carbonyl (C=O) groups is 3. The quantitative estimate of drug-likeness (QED) is 0.224. The van der Waals surface area contributed by atoms with Crippen LogP contribution in [0.2, 0.25) is 0 Å². The fourth-order valence-corrected chi connectivity index (χ4v) is 5.59. The molecule has 156 valence electrons. The third kappa shape index (κ3) is 4.29. The van der Waals surface area contributed by atoms with Gasteiger partial charge in [-0.25, -0.2) is 4.79 Å². The van der Waals surface area contributed by atoms with Crippen LogP contribution in [-0.2, 0) is 23.9 Å². The molecule has 1 amide bonds. The van der Waals surface area contributed by atoms with E-state index in [0.717, 1.165) is 25.9 Å². The Bertz CT molecular complexity index is 660. The summed E-state index contributed by atoms with van der Waals surface area (Å²) in [7, 11) is 0. The van der Waals surface area contributed by atoms with Crippen LogP contribution in [0.25, 0.3) is 0 Å². The Hall–Kier alpha value is -1.77. The van der Waals surface area contributed by atoms with Crippen molar-refractivity contribution in [3.63, 3.8) is 0 Å². The summed E-state index contributed by atoms with van der Waals surface area (Å²) >= 11 is 1.56. The molecule has 3 heterocycles. The number of thioether (sulfide) groups is 1. The molecule has 0 spiro atoms. The largest absolute Gasteiger partial charge is 0.426 e. The van der Waals surface area contributed by atoms with Crippen LogP contribution >= 0.6 is 11.8 Å². The van der Waals surface area contributed by atoms with Crippen molar-refractivity contribution in [2.45, 2.75) is 81.9 Å². The smallest absolute Gasteiger partial charge is 0.333 e. The molecule has 28 heavy (non-hydrogen) atoms.